The van der Waals surface area contributed by atoms with E-state index in [-0.39, 0.29) is 5.41 Å². The van der Waals surface area contributed by atoms with Gasteiger partial charge in [0.2, 0.25) is 11.8 Å². The molecule has 0 spiro atoms. The van der Waals surface area contributed by atoms with Crippen LogP contribution in [0.2, 0.25) is 0 Å². The zero-order valence-electron chi connectivity index (χ0n) is 21.5. The lowest BCUT2D eigenvalue weighted by molar-refractivity contribution is 0.292. The van der Waals surface area contributed by atoms with Crippen LogP contribution < -0.4 is 20.3 Å². The monoisotopic (exact) mass is 515 g/mol. The number of thiocarbonyl (C=S) groups is 1. The summed E-state index contributed by atoms with van der Waals surface area (Å²) in [4.78, 5) is 11.8. The van der Waals surface area contributed by atoms with Crippen molar-refractivity contribution in [1.82, 2.24) is 15.3 Å². The minimum absolute atomic E-state index is 0.0988. The summed E-state index contributed by atoms with van der Waals surface area (Å²) in [5.74, 6) is 2.60. The molecule has 1 aliphatic heterocycles. The molecule has 5 rings (SSSR count). The average Bonchev–Trinajstić information content (AvgIpc) is 3.23. The first-order valence-electron chi connectivity index (χ1n) is 13.7. The summed E-state index contributed by atoms with van der Waals surface area (Å²) in [6.45, 7) is 2.77. The molecule has 2 N–H and O–H groups in total. The Balaban J connectivity index is 1.32. The van der Waals surface area contributed by atoms with E-state index in [1.807, 2.05) is 36.4 Å². The van der Waals surface area contributed by atoms with Gasteiger partial charge >= 0.3 is 0 Å². The quantitative estimate of drug-likeness (QED) is 0.334. The fourth-order valence-electron chi connectivity index (χ4n) is 5.58. The maximum Gasteiger partial charge on any atom is 0.234 e. The zero-order chi connectivity index (χ0) is 25.3. The van der Waals surface area contributed by atoms with Crippen LogP contribution in [-0.4, -0.2) is 34.7 Å². The fourth-order valence-corrected chi connectivity index (χ4v) is 5.74. The standard InChI is InChI=1S/C30H37N5OS/c37-29(31-23-30(18-10-5-11-19-30)24-14-6-3-7-15-24)34-28-32-26(35-20-12-1-2-13-21-35)22-27(33-28)36-25-16-8-4-9-17-25/h3-4,6-9,14-17,22H,1-2,5,10-13,18-21,23H2,(H2,31,32,33,34,37). The molecule has 37 heavy (non-hydrogen) atoms. The summed E-state index contributed by atoms with van der Waals surface area (Å²) < 4.78 is 6.11. The van der Waals surface area contributed by atoms with Gasteiger partial charge in [0.25, 0.3) is 0 Å². The Labute approximate surface area is 225 Å². The number of para-hydroxylation sites is 1. The Morgan fingerprint density at radius 3 is 2.19 bits per heavy atom. The summed E-state index contributed by atoms with van der Waals surface area (Å²) >= 11 is 5.74. The van der Waals surface area contributed by atoms with E-state index < -0.39 is 0 Å². The third-order valence-electron chi connectivity index (χ3n) is 7.59. The van der Waals surface area contributed by atoms with Gasteiger partial charge in [-0.15, -0.1) is 0 Å². The van der Waals surface area contributed by atoms with E-state index in [0.717, 1.165) is 31.2 Å². The van der Waals surface area contributed by atoms with Crippen molar-refractivity contribution in [2.24, 2.45) is 0 Å². The van der Waals surface area contributed by atoms with Gasteiger partial charge in [-0.2, -0.15) is 9.97 Å². The van der Waals surface area contributed by atoms with Crippen LogP contribution in [0.4, 0.5) is 11.8 Å². The first-order valence-corrected chi connectivity index (χ1v) is 14.1. The predicted octanol–water partition coefficient (Wildman–Crippen LogP) is 6.84. The zero-order valence-corrected chi connectivity index (χ0v) is 22.3. The Morgan fingerprint density at radius 2 is 1.49 bits per heavy atom. The fraction of sp³-hybridized carbons (Fsp3) is 0.433. The number of aromatic nitrogens is 2. The Hall–Kier alpha value is -3.19. The number of ether oxygens (including phenoxy) is 1. The van der Waals surface area contributed by atoms with Crippen LogP contribution in [0.15, 0.2) is 66.7 Å². The Morgan fingerprint density at radius 1 is 0.838 bits per heavy atom. The second-order valence-electron chi connectivity index (χ2n) is 10.2. The highest BCUT2D eigenvalue weighted by Gasteiger charge is 2.33. The van der Waals surface area contributed by atoms with Gasteiger partial charge in [-0.05, 0) is 55.6 Å². The molecule has 3 aromatic rings. The van der Waals surface area contributed by atoms with Crippen molar-refractivity contribution in [1.29, 1.82) is 0 Å². The summed E-state index contributed by atoms with van der Waals surface area (Å²) in [6, 6.07) is 22.6. The average molecular weight is 516 g/mol. The van der Waals surface area contributed by atoms with Crippen LogP contribution in [-0.2, 0) is 5.41 Å². The van der Waals surface area contributed by atoms with E-state index in [9.17, 15) is 0 Å². The van der Waals surface area contributed by atoms with Crippen molar-refractivity contribution < 1.29 is 4.74 Å². The number of hydrogen-bond donors (Lipinski definition) is 2. The number of benzene rings is 2. The van der Waals surface area contributed by atoms with E-state index >= 15 is 0 Å². The van der Waals surface area contributed by atoms with E-state index in [4.69, 9.17) is 21.9 Å². The summed E-state index contributed by atoms with van der Waals surface area (Å²) in [6.07, 6.45) is 11.0. The van der Waals surface area contributed by atoms with Crippen LogP contribution in [0.25, 0.3) is 0 Å². The Bertz CT molecular complexity index is 1140. The smallest absolute Gasteiger partial charge is 0.234 e. The molecule has 0 amide bonds. The van der Waals surface area contributed by atoms with Gasteiger partial charge in [-0.3, -0.25) is 0 Å². The van der Waals surface area contributed by atoms with Gasteiger partial charge in [0.15, 0.2) is 5.11 Å². The first kappa shape index (κ1) is 25.5. The third-order valence-corrected chi connectivity index (χ3v) is 7.84. The molecular weight excluding hydrogens is 478 g/mol. The number of nitrogens with one attached hydrogen (secondary N) is 2. The van der Waals surface area contributed by atoms with Gasteiger partial charge in [-0.1, -0.05) is 80.6 Å². The molecule has 1 saturated carbocycles. The molecule has 0 radical (unpaired) electrons. The first-order chi connectivity index (χ1) is 18.2. The van der Waals surface area contributed by atoms with Gasteiger partial charge in [0.1, 0.15) is 11.6 Å². The highest BCUT2D eigenvalue weighted by molar-refractivity contribution is 7.80. The van der Waals surface area contributed by atoms with E-state index in [0.29, 0.717) is 16.9 Å². The van der Waals surface area contributed by atoms with Crippen molar-refractivity contribution >= 4 is 29.1 Å². The third kappa shape index (κ3) is 6.77. The van der Waals surface area contributed by atoms with Crippen LogP contribution in [0, 0.1) is 0 Å². The molecule has 194 valence electrons. The molecule has 6 nitrogen and oxygen atoms in total. The summed E-state index contributed by atoms with van der Waals surface area (Å²) in [5.41, 5.74) is 1.49. The van der Waals surface area contributed by atoms with E-state index in [2.05, 4.69) is 50.8 Å². The molecule has 0 atom stereocenters. The van der Waals surface area contributed by atoms with Gasteiger partial charge in [0, 0.05) is 31.1 Å². The topological polar surface area (TPSA) is 62.3 Å². The number of nitrogens with zero attached hydrogens (tertiary/aromatic N) is 3. The lowest BCUT2D eigenvalue weighted by Crippen LogP contribution is -2.43. The molecule has 1 aromatic heterocycles. The lowest BCUT2D eigenvalue weighted by atomic mass is 9.69. The molecule has 1 aliphatic carbocycles. The maximum absolute atomic E-state index is 6.11. The summed E-state index contributed by atoms with van der Waals surface area (Å²) in [7, 11) is 0. The Kier molecular flexibility index (Phi) is 8.51. The van der Waals surface area contributed by atoms with Crippen LogP contribution in [0.5, 0.6) is 11.6 Å². The van der Waals surface area contributed by atoms with Gasteiger partial charge in [-0.25, -0.2) is 0 Å². The van der Waals surface area contributed by atoms with Crippen molar-refractivity contribution in [2.75, 3.05) is 29.9 Å². The molecule has 0 bridgehead atoms. The normalized spacial score (nSPS) is 17.5. The predicted molar refractivity (Wildman–Crippen MR) is 155 cm³/mol. The minimum atomic E-state index is 0.0988. The van der Waals surface area contributed by atoms with Gasteiger partial charge < -0.3 is 20.3 Å². The van der Waals surface area contributed by atoms with Gasteiger partial charge in [0.05, 0.1) is 0 Å². The largest absolute Gasteiger partial charge is 0.439 e. The maximum atomic E-state index is 6.11. The van der Waals surface area contributed by atoms with Crippen LogP contribution in [0.3, 0.4) is 0 Å². The SMILES string of the molecule is S=C(NCC1(c2ccccc2)CCCCC1)Nc1nc(Oc2ccccc2)cc(N2CCCCCC2)n1. The highest BCUT2D eigenvalue weighted by Crippen LogP contribution is 2.39. The molecule has 2 fully saturated rings. The second-order valence-corrected chi connectivity index (χ2v) is 10.6. The van der Waals surface area contributed by atoms with Crippen molar-refractivity contribution in [3.05, 3.63) is 72.3 Å². The molecule has 2 aromatic carbocycles. The second kappa shape index (κ2) is 12.4. The molecule has 2 heterocycles. The van der Waals surface area contributed by atoms with Crippen LogP contribution >= 0.6 is 12.2 Å². The van der Waals surface area contributed by atoms with Crippen molar-refractivity contribution in [2.45, 2.75) is 63.2 Å². The lowest BCUT2D eigenvalue weighted by Gasteiger charge is -2.38. The van der Waals surface area contributed by atoms with Crippen LogP contribution in [0.1, 0.15) is 63.4 Å². The minimum Gasteiger partial charge on any atom is -0.439 e. The van der Waals surface area contributed by atoms with E-state index in [1.165, 1.54) is 63.4 Å². The highest BCUT2D eigenvalue weighted by atomic mass is 32.1. The molecular formula is C30H37N5OS. The van der Waals surface area contributed by atoms with Crippen molar-refractivity contribution in [3.63, 3.8) is 0 Å². The summed E-state index contributed by atoms with van der Waals surface area (Å²) in [5, 5.41) is 7.31. The van der Waals surface area contributed by atoms with Crippen molar-refractivity contribution in [3.8, 4) is 11.6 Å². The molecule has 2 aliphatic rings. The number of rotatable bonds is 7. The molecule has 7 heteroatoms. The number of hydrogen-bond acceptors (Lipinski definition) is 5. The van der Waals surface area contributed by atoms with E-state index in [1.54, 1.807) is 0 Å². The molecule has 1 saturated heterocycles. The number of anilines is 2. The molecule has 0 unspecified atom stereocenters.